The molecule has 1 amide bonds. The van der Waals surface area contributed by atoms with Gasteiger partial charge in [0.1, 0.15) is 5.75 Å². The first-order valence-electron chi connectivity index (χ1n) is 11.3. The molecule has 0 atom stereocenters. The van der Waals surface area contributed by atoms with Crippen molar-refractivity contribution in [3.8, 4) is 11.4 Å². The maximum Gasteiger partial charge on any atom is 0.250 e. The number of carbonyl (C=O) groups is 1. The minimum absolute atomic E-state index is 0.0942. The second-order valence-electron chi connectivity index (χ2n) is 7.72. The maximum absolute atomic E-state index is 12.4. The molecule has 0 saturated carbocycles. The lowest BCUT2D eigenvalue weighted by Gasteiger charge is -2.11. The Kier molecular flexibility index (Phi) is 8.50. The predicted molar refractivity (Wildman–Crippen MR) is 144 cm³/mol. The van der Waals surface area contributed by atoms with Gasteiger partial charge in [0.25, 0.3) is 5.91 Å². The van der Waals surface area contributed by atoms with Gasteiger partial charge in [-0.2, -0.15) is 5.10 Å². The highest BCUT2D eigenvalue weighted by molar-refractivity contribution is 7.99. The molecule has 0 bridgehead atoms. The van der Waals surface area contributed by atoms with Crippen LogP contribution in [0.4, 0.5) is 5.69 Å². The molecule has 4 rings (SSSR count). The summed E-state index contributed by atoms with van der Waals surface area (Å²) >= 11 is 1.27. The Morgan fingerprint density at radius 3 is 2.53 bits per heavy atom. The topological polar surface area (TPSA) is 104 Å². The molecule has 0 radical (unpaired) electrons. The number of aromatic nitrogens is 3. The van der Waals surface area contributed by atoms with Gasteiger partial charge in [0, 0.05) is 16.9 Å². The van der Waals surface area contributed by atoms with E-state index in [1.165, 1.54) is 18.0 Å². The number of rotatable bonds is 11. The number of amides is 1. The molecule has 8 nitrogen and oxygen atoms in total. The van der Waals surface area contributed by atoms with Crippen LogP contribution in [-0.4, -0.2) is 37.7 Å². The molecule has 1 heterocycles. The molecule has 0 aliphatic carbocycles. The molecule has 0 saturated heterocycles. The minimum atomic E-state index is -0.301. The number of nitrogens with one attached hydrogen (secondary N) is 2. The molecule has 0 aliphatic heterocycles. The van der Waals surface area contributed by atoms with Gasteiger partial charge in [0.05, 0.1) is 18.5 Å². The molecule has 3 aromatic carbocycles. The van der Waals surface area contributed by atoms with Crippen LogP contribution in [-0.2, 0) is 17.8 Å². The second-order valence-corrected chi connectivity index (χ2v) is 8.66. The van der Waals surface area contributed by atoms with Gasteiger partial charge in [-0.25, -0.2) is 5.43 Å². The lowest BCUT2D eigenvalue weighted by atomic mass is 10.1. The van der Waals surface area contributed by atoms with Crippen LogP contribution in [0.3, 0.4) is 0 Å². The van der Waals surface area contributed by atoms with Crippen molar-refractivity contribution in [3.05, 3.63) is 108 Å². The number of phenolic OH excluding ortho intramolecular Hbond substituents is 1. The average molecular weight is 499 g/mol. The van der Waals surface area contributed by atoms with Gasteiger partial charge in [-0.15, -0.1) is 16.8 Å². The molecule has 3 N–H and O–H groups in total. The van der Waals surface area contributed by atoms with Gasteiger partial charge in [-0.3, -0.25) is 9.36 Å². The zero-order valence-corrected chi connectivity index (χ0v) is 20.4. The Hall–Kier alpha value is -4.37. The van der Waals surface area contributed by atoms with Gasteiger partial charge < -0.3 is 10.4 Å². The highest BCUT2D eigenvalue weighted by Crippen LogP contribution is 2.23. The zero-order valence-electron chi connectivity index (χ0n) is 19.5. The molecule has 1 aromatic heterocycles. The standard InChI is InChI=1S/C27H26N6O2S/c1-2-10-20-11-9-12-21(26(20)35)17-29-31-25(34)19-36-27-32-30-24(18-28-22-13-5-3-6-14-22)33(27)23-15-7-4-8-16-23/h2-9,11-17,28,35H,1,10,18-19H2,(H,31,34). The summed E-state index contributed by atoms with van der Waals surface area (Å²) in [6.45, 7) is 4.16. The van der Waals surface area contributed by atoms with Crippen LogP contribution in [0.5, 0.6) is 5.75 Å². The number of hydrogen-bond donors (Lipinski definition) is 3. The van der Waals surface area contributed by atoms with Gasteiger partial charge in [-0.1, -0.05) is 66.4 Å². The van der Waals surface area contributed by atoms with E-state index < -0.39 is 0 Å². The van der Waals surface area contributed by atoms with E-state index in [0.717, 1.165) is 22.8 Å². The number of benzene rings is 3. The molecule has 0 aliphatic rings. The van der Waals surface area contributed by atoms with Gasteiger partial charge in [0.2, 0.25) is 0 Å². The zero-order chi connectivity index (χ0) is 25.2. The Balaban J connectivity index is 1.41. The Morgan fingerprint density at radius 2 is 1.78 bits per heavy atom. The smallest absolute Gasteiger partial charge is 0.250 e. The van der Waals surface area contributed by atoms with Crippen LogP contribution in [0.15, 0.2) is 102 Å². The van der Waals surface area contributed by atoms with Crippen LogP contribution in [0.2, 0.25) is 0 Å². The van der Waals surface area contributed by atoms with Crippen molar-refractivity contribution < 1.29 is 9.90 Å². The highest BCUT2D eigenvalue weighted by atomic mass is 32.2. The molecule has 182 valence electrons. The van der Waals surface area contributed by atoms with E-state index in [4.69, 9.17) is 0 Å². The Bertz CT molecular complexity index is 1340. The van der Waals surface area contributed by atoms with Crippen LogP contribution in [0.1, 0.15) is 17.0 Å². The fraction of sp³-hybridized carbons (Fsp3) is 0.111. The van der Waals surface area contributed by atoms with E-state index in [9.17, 15) is 9.90 Å². The van der Waals surface area contributed by atoms with E-state index in [1.807, 2.05) is 77.4 Å². The lowest BCUT2D eigenvalue weighted by molar-refractivity contribution is -0.118. The number of carbonyl (C=O) groups excluding carboxylic acids is 1. The average Bonchev–Trinajstić information content (AvgIpc) is 3.32. The minimum Gasteiger partial charge on any atom is -0.507 e. The summed E-state index contributed by atoms with van der Waals surface area (Å²) in [7, 11) is 0. The van der Waals surface area contributed by atoms with E-state index >= 15 is 0 Å². The molecule has 36 heavy (non-hydrogen) atoms. The third-order valence-electron chi connectivity index (χ3n) is 5.18. The molecule has 4 aromatic rings. The van der Waals surface area contributed by atoms with Crippen molar-refractivity contribution in [2.45, 2.75) is 18.1 Å². The van der Waals surface area contributed by atoms with Crippen LogP contribution < -0.4 is 10.7 Å². The third kappa shape index (κ3) is 6.39. The number of hydrazone groups is 1. The number of anilines is 1. The summed E-state index contributed by atoms with van der Waals surface area (Å²) in [5.74, 6) is 0.638. The number of nitrogens with zero attached hydrogens (tertiary/aromatic N) is 4. The fourth-order valence-electron chi connectivity index (χ4n) is 3.45. The number of phenols is 1. The molecule has 0 unspecified atom stereocenters. The summed E-state index contributed by atoms with van der Waals surface area (Å²) < 4.78 is 1.93. The lowest BCUT2D eigenvalue weighted by Crippen LogP contribution is -2.20. The first-order chi connectivity index (χ1) is 17.7. The van der Waals surface area contributed by atoms with E-state index in [-0.39, 0.29) is 17.4 Å². The van der Waals surface area contributed by atoms with Crippen LogP contribution in [0, 0.1) is 0 Å². The number of thioether (sulfide) groups is 1. The maximum atomic E-state index is 12.4. The number of hydrogen-bond acceptors (Lipinski definition) is 7. The summed E-state index contributed by atoms with van der Waals surface area (Å²) in [6, 6.07) is 25.0. The van der Waals surface area contributed by atoms with Crippen molar-refractivity contribution in [2.24, 2.45) is 5.10 Å². The quantitative estimate of drug-likeness (QED) is 0.121. The van der Waals surface area contributed by atoms with Crippen LogP contribution in [0.25, 0.3) is 5.69 Å². The monoisotopic (exact) mass is 498 g/mol. The van der Waals surface area contributed by atoms with Crippen LogP contribution >= 0.6 is 11.8 Å². The van der Waals surface area contributed by atoms with Crippen molar-refractivity contribution in [1.29, 1.82) is 0 Å². The number of aromatic hydroxyl groups is 1. The molecule has 0 fully saturated rings. The molecular weight excluding hydrogens is 472 g/mol. The normalized spacial score (nSPS) is 10.9. The van der Waals surface area contributed by atoms with Crippen molar-refractivity contribution in [2.75, 3.05) is 11.1 Å². The number of allylic oxidation sites excluding steroid dienone is 1. The Labute approximate surface area is 213 Å². The van der Waals surface area contributed by atoms with Crippen molar-refractivity contribution in [3.63, 3.8) is 0 Å². The van der Waals surface area contributed by atoms with Crippen molar-refractivity contribution >= 4 is 29.6 Å². The van der Waals surface area contributed by atoms with Crippen molar-refractivity contribution in [1.82, 2.24) is 20.2 Å². The first kappa shape index (κ1) is 24.7. The van der Waals surface area contributed by atoms with Gasteiger partial charge in [0.15, 0.2) is 11.0 Å². The summed E-state index contributed by atoms with van der Waals surface area (Å²) in [6.07, 6.45) is 3.68. The SMILES string of the molecule is C=CCc1cccc(C=NNC(=O)CSc2nnc(CNc3ccccc3)n2-c2ccccc2)c1O. The largest absolute Gasteiger partial charge is 0.507 e. The van der Waals surface area contributed by atoms with Gasteiger partial charge in [-0.05, 0) is 42.3 Å². The molecular formula is C27H26N6O2S. The fourth-order valence-corrected chi connectivity index (χ4v) is 4.22. The first-order valence-corrected chi connectivity index (χ1v) is 12.3. The summed E-state index contributed by atoms with van der Waals surface area (Å²) in [5.41, 5.74) is 5.65. The second kappa shape index (κ2) is 12.4. The summed E-state index contributed by atoms with van der Waals surface area (Å²) in [5, 5.41) is 26.9. The highest BCUT2D eigenvalue weighted by Gasteiger charge is 2.16. The molecule has 9 heteroatoms. The van der Waals surface area contributed by atoms with E-state index in [1.54, 1.807) is 12.1 Å². The number of para-hydroxylation sites is 3. The molecule has 0 spiro atoms. The predicted octanol–water partition coefficient (Wildman–Crippen LogP) is 4.56. The third-order valence-corrected chi connectivity index (χ3v) is 6.11. The van der Waals surface area contributed by atoms with Gasteiger partial charge >= 0.3 is 0 Å². The Morgan fingerprint density at radius 1 is 1.03 bits per heavy atom. The van der Waals surface area contributed by atoms with E-state index in [0.29, 0.717) is 23.7 Å². The van der Waals surface area contributed by atoms with E-state index in [2.05, 4.69) is 32.6 Å². The summed E-state index contributed by atoms with van der Waals surface area (Å²) in [4.78, 5) is 12.4.